The Balaban J connectivity index is 1.38. The first-order valence-electron chi connectivity index (χ1n) is 9.49. The predicted molar refractivity (Wildman–Crippen MR) is 111 cm³/mol. The molecule has 150 valence electrons. The number of rotatable bonds is 7. The average molecular weight is 392 g/mol. The van der Waals surface area contributed by atoms with Gasteiger partial charge in [0.2, 0.25) is 11.8 Å². The molecule has 2 aromatic heterocycles. The molecule has 1 saturated heterocycles. The summed E-state index contributed by atoms with van der Waals surface area (Å²) >= 11 is 0. The molecule has 8 nitrogen and oxygen atoms in total. The maximum atomic E-state index is 5.82. The van der Waals surface area contributed by atoms with Gasteiger partial charge in [0.15, 0.2) is 0 Å². The Kier molecular flexibility index (Phi) is 5.83. The van der Waals surface area contributed by atoms with Crippen LogP contribution in [0.4, 0.5) is 11.8 Å². The summed E-state index contributed by atoms with van der Waals surface area (Å²) in [7, 11) is 1.73. The van der Waals surface area contributed by atoms with E-state index in [2.05, 4.69) is 31.2 Å². The zero-order valence-corrected chi connectivity index (χ0v) is 16.2. The molecule has 3 N–H and O–H groups in total. The van der Waals surface area contributed by atoms with Crippen molar-refractivity contribution in [3.05, 3.63) is 66.5 Å². The fourth-order valence-corrected chi connectivity index (χ4v) is 3.43. The summed E-state index contributed by atoms with van der Waals surface area (Å²) in [6.45, 7) is 2.22. The average Bonchev–Trinajstić information content (AvgIpc) is 3.17. The zero-order valence-electron chi connectivity index (χ0n) is 16.2. The van der Waals surface area contributed by atoms with Crippen LogP contribution in [-0.2, 0) is 11.3 Å². The van der Waals surface area contributed by atoms with Crippen molar-refractivity contribution in [1.29, 1.82) is 0 Å². The minimum Gasteiger partial charge on any atom is -0.439 e. The Morgan fingerprint density at radius 3 is 2.83 bits per heavy atom. The fraction of sp³-hybridized carbons (Fsp3) is 0.286. The number of hydrogen-bond donors (Lipinski definition) is 2. The molecule has 0 aliphatic carbocycles. The van der Waals surface area contributed by atoms with E-state index in [0.717, 1.165) is 30.2 Å². The Morgan fingerprint density at radius 1 is 1.10 bits per heavy atom. The summed E-state index contributed by atoms with van der Waals surface area (Å²) in [6, 6.07) is 15.6. The molecule has 8 heteroatoms. The molecule has 1 aliphatic heterocycles. The second kappa shape index (κ2) is 8.85. The number of pyridine rings is 1. The standard InChI is InChI=1S/C21H24N6O2/c1-28-18-14-27(19-8-10-24-21(22)26-19)13-17(18)25-12-15-5-4-6-16(11-15)29-20-7-2-3-9-23-20/h2-11,17-18,25H,12-14H2,1H3,(H2,22,24,26)/t17-,18+/m0/s1. The normalized spacial score (nSPS) is 18.7. The molecule has 0 radical (unpaired) electrons. The summed E-state index contributed by atoms with van der Waals surface area (Å²) < 4.78 is 11.5. The molecule has 0 amide bonds. The summed E-state index contributed by atoms with van der Waals surface area (Å²) in [4.78, 5) is 14.6. The molecular weight excluding hydrogens is 368 g/mol. The largest absolute Gasteiger partial charge is 0.439 e. The number of nitrogens with one attached hydrogen (secondary N) is 1. The highest BCUT2D eigenvalue weighted by atomic mass is 16.5. The van der Waals surface area contributed by atoms with Gasteiger partial charge in [-0.1, -0.05) is 18.2 Å². The van der Waals surface area contributed by atoms with E-state index in [0.29, 0.717) is 12.4 Å². The van der Waals surface area contributed by atoms with E-state index in [1.54, 1.807) is 19.5 Å². The van der Waals surface area contributed by atoms with Crippen molar-refractivity contribution < 1.29 is 9.47 Å². The molecule has 1 aromatic carbocycles. The molecule has 0 unspecified atom stereocenters. The van der Waals surface area contributed by atoms with Gasteiger partial charge in [0.1, 0.15) is 11.6 Å². The topological polar surface area (TPSA) is 98.4 Å². The molecule has 0 spiro atoms. The van der Waals surface area contributed by atoms with Crippen molar-refractivity contribution in [3.8, 4) is 11.6 Å². The zero-order chi connectivity index (χ0) is 20.1. The lowest BCUT2D eigenvalue weighted by atomic mass is 10.1. The second-order valence-corrected chi connectivity index (χ2v) is 6.86. The van der Waals surface area contributed by atoms with Gasteiger partial charge >= 0.3 is 0 Å². The quantitative estimate of drug-likeness (QED) is 0.632. The number of benzene rings is 1. The van der Waals surface area contributed by atoms with Gasteiger partial charge < -0.3 is 25.4 Å². The van der Waals surface area contributed by atoms with Crippen molar-refractivity contribution in [2.45, 2.75) is 18.7 Å². The molecular formula is C21H24N6O2. The van der Waals surface area contributed by atoms with Crippen molar-refractivity contribution in [3.63, 3.8) is 0 Å². The summed E-state index contributed by atoms with van der Waals surface area (Å²) in [5, 5.41) is 3.59. The first-order valence-corrected chi connectivity index (χ1v) is 9.49. The molecule has 4 rings (SSSR count). The van der Waals surface area contributed by atoms with Gasteiger partial charge in [0.05, 0.1) is 12.1 Å². The van der Waals surface area contributed by atoms with Gasteiger partial charge in [-0.15, -0.1) is 0 Å². The van der Waals surface area contributed by atoms with Crippen LogP contribution >= 0.6 is 0 Å². The van der Waals surface area contributed by atoms with E-state index >= 15 is 0 Å². The van der Waals surface area contributed by atoms with Crippen molar-refractivity contribution >= 4 is 11.8 Å². The number of ether oxygens (including phenoxy) is 2. The molecule has 2 atom stereocenters. The highest BCUT2D eigenvalue weighted by molar-refractivity contribution is 5.43. The third-order valence-corrected chi connectivity index (χ3v) is 4.88. The number of nitrogens with zero attached hydrogens (tertiary/aromatic N) is 4. The van der Waals surface area contributed by atoms with Gasteiger partial charge in [-0.2, -0.15) is 4.98 Å². The number of nitrogens with two attached hydrogens (primary N) is 1. The lowest BCUT2D eigenvalue weighted by Gasteiger charge is -2.18. The van der Waals surface area contributed by atoms with Crippen LogP contribution in [0.1, 0.15) is 5.56 Å². The number of aromatic nitrogens is 3. The van der Waals surface area contributed by atoms with E-state index in [1.165, 1.54) is 0 Å². The molecule has 0 saturated carbocycles. The molecule has 3 aromatic rings. The van der Waals surface area contributed by atoms with Crippen LogP contribution in [0.15, 0.2) is 60.9 Å². The van der Waals surface area contributed by atoms with Crippen molar-refractivity contribution in [1.82, 2.24) is 20.3 Å². The molecule has 1 fully saturated rings. The van der Waals surface area contributed by atoms with Crippen LogP contribution in [0.5, 0.6) is 11.6 Å². The predicted octanol–water partition coefficient (Wildman–Crippen LogP) is 2.24. The Labute approximate surface area is 169 Å². The van der Waals surface area contributed by atoms with Crippen molar-refractivity contribution in [2.75, 3.05) is 30.8 Å². The van der Waals surface area contributed by atoms with Gasteiger partial charge in [0.25, 0.3) is 0 Å². The van der Waals surface area contributed by atoms with E-state index < -0.39 is 0 Å². The van der Waals surface area contributed by atoms with Crippen LogP contribution in [0.25, 0.3) is 0 Å². The lowest BCUT2D eigenvalue weighted by Crippen LogP contribution is -2.39. The maximum absolute atomic E-state index is 5.82. The number of methoxy groups -OCH3 is 1. The third-order valence-electron chi connectivity index (χ3n) is 4.88. The SMILES string of the molecule is CO[C@@H]1CN(c2ccnc(N)n2)C[C@@H]1NCc1cccc(Oc2ccccn2)c1. The first-order chi connectivity index (χ1) is 14.2. The van der Waals surface area contributed by atoms with Crippen LogP contribution in [-0.4, -0.2) is 47.3 Å². The van der Waals surface area contributed by atoms with Gasteiger partial charge in [-0.25, -0.2) is 9.97 Å². The van der Waals surface area contributed by atoms with Gasteiger partial charge in [-0.3, -0.25) is 0 Å². The van der Waals surface area contributed by atoms with Gasteiger partial charge in [-0.05, 0) is 29.8 Å². The van der Waals surface area contributed by atoms with Crippen LogP contribution in [0, 0.1) is 0 Å². The monoisotopic (exact) mass is 392 g/mol. The highest BCUT2D eigenvalue weighted by Gasteiger charge is 2.33. The fourth-order valence-electron chi connectivity index (χ4n) is 3.43. The minimum atomic E-state index is 0.0548. The molecule has 3 heterocycles. The minimum absolute atomic E-state index is 0.0548. The highest BCUT2D eigenvalue weighted by Crippen LogP contribution is 2.22. The van der Waals surface area contributed by atoms with E-state index in [4.69, 9.17) is 15.2 Å². The Bertz CT molecular complexity index is 939. The first kappa shape index (κ1) is 19.1. The summed E-state index contributed by atoms with van der Waals surface area (Å²) in [5.74, 6) is 2.43. The maximum Gasteiger partial charge on any atom is 0.221 e. The third kappa shape index (κ3) is 4.79. The van der Waals surface area contributed by atoms with Crippen molar-refractivity contribution in [2.24, 2.45) is 0 Å². The van der Waals surface area contributed by atoms with E-state index in [9.17, 15) is 0 Å². The number of hydrogen-bond acceptors (Lipinski definition) is 8. The number of nitrogen functional groups attached to an aromatic ring is 1. The summed E-state index contributed by atoms with van der Waals surface area (Å²) in [5.41, 5.74) is 6.84. The second-order valence-electron chi connectivity index (χ2n) is 6.86. The van der Waals surface area contributed by atoms with Crippen LogP contribution in [0.3, 0.4) is 0 Å². The Morgan fingerprint density at radius 2 is 2.03 bits per heavy atom. The molecule has 29 heavy (non-hydrogen) atoms. The Hall–Kier alpha value is -3.23. The van der Waals surface area contributed by atoms with Gasteiger partial charge in [0, 0.05) is 45.2 Å². The molecule has 0 bridgehead atoms. The lowest BCUT2D eigenvalue weighted by molar-refractivity contribution is 0.0967. The summed E-state index contributed by atoms with van der Waals surface area (Å²) in [6.07, 6.45) is 3.44. The van der Waals surface area contributed by atoms with Crippen LogP contribution in [0.2, 0.25) is 0 Å². The molecule has 1 aliphatic rings. The van der Waals surface area contributed by atoms with Crippen LogP contribution < -0.4 is 20.7 Å². The smallest absolute Gasteiger partial charge is 0.221 e. The number of anilines is 2. The van der Waals surface area contributed by atoms with E-state index in [-0.39, 0.29) is 18.1 Å². The van der Waals surface area contributed by atoms with E-state index in [1.807, 2.05) is 42.5 Å².